The summed E-state index contributed by atoms with van der Waals surface area (Å²) in [4.78, 5) is 30.1. The van der Waals surface area contributed by atoms with Crippen LogP contribution in [-0.4, -0.2) is 28.3 Å². The Labute approximate surface area is 195 Å². The minimum Gasteiger partial charge on any atom is -0.750 e. The molecule has 0 fully saturated rings. The standard InChI is InChI=1S/C24H22IN4O3/c1-15(2)27-24(31)21-14-28(23-20(22(21)30)8-5-11-26-23)19-7-4-6-17(12-19)18-10-9-16(3)25-29(32)13-18/h4-15H,1-3H3,(H,27,31)/q-1. The van der Waals surface area contributed by atoms with Crippen molar-refractivity contribution < 1.29 is 4.79 Å². The minimum absolute atomic E-state index is 0.0545. The van der Waals surface area contributed by atoms with Gasteiger partial charge in [-0.15, -0.1) is 0 Å². The topological polar surface area (TPSA) is 90.3 Å². The van der Waals surface area contributed by atoms with Gasteiger partial charge in [-0.1, -0.05) is 24.3 Å². The summed E-state index contributed by atoms with van der Waals surface area (Å²) in [7, 11) is 0. The summed E-state index contributed by atoms with van der Waals surface area (Å²) in [6, 6.07) is 10.9. The normalized spacial score (nSPS) is 14.0. The van der Waals surface area contributed by atoms with E-state index in [0.29, 0.717) is 11.0 Å². The second-order valence-corrected chi connectivity index (χ2v) is 10.8. The number of allylic oxidation sites excluding steroid dienone is 3. The van der Waals surface area contributed by atoms with E-state index in [1.165, 1.54) is 6.20 Å². The number of pyridine rings is 2. The van der Waals surface area contributed by atoms with Crippen molar-refractivity contribution in [3.8, 4) is 5.69 Å². The molecule has 0 spiro atoms. The van der Waals surface area contributed by atoms with Crippen LogP contribution in [-0.2, 0) is 0 Å². The number of nitrogens with zero attached hydrogens (tertiary/aromatic N) is 3. The Hall–Kier alpha value is -3.11. The molecule has 8 heteroatoms. The van der Waals surface area contributed by atoms with Crippen LogP contribution in [0, 0.1) is 5.21 Å². The lowest BCUT2D eigenvalue weighted by Gasteiger charge is -2.21. The van der Waals surface area contributed by atoms with Crippen molar-refractivity contribution in [2.75, 3.05) is 0 Å². The lowest BCUT2D eigenvalue weighted by molar-refractivity contribution is 0.0941. The highest BCUT2D eigenvalue weighted by Crippen LogP contribution is 2.26. The predicted molar refractivity (Wildman–Crippen MR) is 137 cm³/mol. The first kappa shape index (κ1) is 22.1. The van der Waals surface area contributed by atoms with Crippen LogP contribution in [0.3, 0.4) is 0 Å². The molecule has 2 aromatic heterocycles. The smallest absolute Gasteiger partial charge is 0.256 e. The van der Waals surface area contributed by atoms with Gasteiger partial charge in [0, 0.05) is 30.3 Å². The zero-order valence-corrected chi connectivity index (χ0v) is 20.0. The molecular formula is C24H22IN4O3-. The third-order valence-electron chi connectivity index (χ3n) is 4.83. The first-order valence-electron chi connectivity index (χ1n) is 10.1. The number of hydroxylamine groups is 1. The third kappa shape index (κ3) is 4.56. The number of hydrogen-bond acceptors (Lipinski definition) is 5. The van der Waals surface area contributed by atoms with Crippen molar-refractivity contribution >= 4 is 47.0 Å². The molecule has 0 saturated heterocycles. The molecule has 0 aliphatic carbocycles. The van der Waals surface area contributed by atoms with Crippen LogP contribution in [0.4, 0.5) is 0 Å². The van der Waals surface area contributed by atoms with Gasteiger partial charge in [0.05, 0.1) is 5.39 Å². The lowest BCUT2D eigenvalue weighted by atomic mass is 10.0. The molecule has 1 N–H and O–H groups in total. The molecule has 1 aliphatic rings. The number of hydrogen-bond donors (Lipinski definition) is 1. The van der Waals surface area contributed by atoms with Crippen LogP contribution in [0.25, 0.3) is 22.3 Å². The van der Waals surface area contributed by atoms with E-state index < -0.39 is 26.9 Å². The molecule has 3 aromatic rings. The maximum absolute atomic E-state index is 13.0. The van der Waals surface area contributed by atoms with Crippen molar-refractivity contribution in [3.05, 3.63) is 93.7 Å². The van der Waals surface area contributed by atoms with E-state index in [1.54, 1.807) is 29.1 Å². The van der Waals surface area contributed by atoms with E-state index in [-0.39, 0.29) is 17.0 Å². The maximum atomic E-state index is 13.0. The maximum Gasteiger partial charge on any atom is 0.256 e. The Balaban J connectivity index is 1.88. The molecule has 1 aromatic carbocycles. The first-order chi connectivity index (χ1) is 15.3. The predicted octanol–water partition coefficient (Wildman–Crippen LogP) is 4.31. The van der Waals surface area contributed by atoms with Gasteiger partial charge in [-0.2, -0.15) is 0 Å². The fraction of sp³-hybridized carbons (Fsp3) is 0.167. The number of benzene rings is 1. The monoisotopic (exact) mass is 541 g/mol. The van der Waals surface area contributed by atoms with Gasteiger partial charge in [-0.05, 0) is 80.7 Å². The summed E-state index contributed by atoms with van der Waals surface area (Å²) in [5, 5.41) is 15.3. The molecule has 0 unspecified atom stereocenters. The van der Waals surface area contributed by atoms with Gasteiger partial charge in [0.15, 0.2) is 0 Å². The fourth-order valence-electron chi connectivity index (χ4n) is 3.41. The summed E-state index contributed by atoms with van der Waals surface area (Å²) < 4.78 is 3.84. The van der Waals surface area contributed by atoms with Gasteiger partial charge >= 0.3 is 0 Å². The highest BCUT2D eigenvalue weighted by molar-refractivity contribution is 14.2. The summed E-state index contributed by atoms with van der Waals surface area (Å²) in [5.41, 5.74) is 2.55. The summed E-state index contributed by atoms with van der Waals surface area (Å²) in [5.74, 6) is -0.424. The van der Waals surface area contributed by atoms with E-state index in [2.05, 4.69) is 10.3 Å². The van der Waals surface area contributed by atoms with Crippen LogP contribution in [0.2, 0.25) is 0 Å². The number of rotatable bonds is 4. The van der Waals surface area contributed by atoms with E-state index in [1.807, 2.05) is 57.2 Å². The minimum atomic E-state index is -0.721. The Morgan fingerprint density at radius 2 is 2.00 bits per heavy atom. The highest BCUT2D eigenvalue weighted by atomic mass is 127. The van der Waals surface area contributed by atoms with Gasteiger partial charge in [0.2, 0.25) is 5.43 Å². The average Bonchev–Trinajstić information content (AvgIpc) is 2.93. The number of carbonyl (C=O) groups is 1. The largest absolute Gasteiger partial charge is 0.750 e. The van der Waals surface area contributed by atoms with E-state index in [0.717, 1.165) is 23.6 Å². The molecule has 0 saturated carbocycles. The Kier molecular flexibility index (Phi) is 6.33. The van der Waals surface area contributed by atoms with Crippen molar-refractivity contribution in [2.45, 2.75) is 26.8 Å². The molecule has 3 heterocycles. The van der Waals surface area contributed by atoms with Crippen molar-refractivity contribution in [3.63, 3.8) is 0 Å². The van der Waals surface area contributed by atoms with Crippen molar-refractivity contribution in [1.82, 2.24) is 18.1 Å². The SMILES string of the molecule is CC1=IN([O-])C=C(c2cccc(-n3cc(C(=O)NC(C)C)c(=O)c4cccnc43)c2)C=C1. The van der Waals surface area contributed by atoms with Gasteiger partial charge in [-0.25, -0.2) is 4.98 Å². The van der Waals surface area contributed by atoms with Crippen LogP contribution in [0.5, 0.6) is 0 Å². The first-order valence-corrected chi connectivity index (χ1v) is 12.1. The number of halogens is 1. The van der Waals surface area contributed by atoms with Crippen molar-refractivity contribution in [2.24, 2.45) is 0 Å². The van der Waals surface area contributed by atoms with E-state index in [9.17, 15) is 14.8 Å². The van der Waals surface area contributed by atoms with E-state index >= 15 is 0 Å². The van der Waals surface area contributed by atoms with Gasteiger partial charge < -0.3 is 18.4 Å². The molecule has 4 rings (SSSR count). The zero-order valence-electron chi connectivity index (χ0n) is 17.9. The van der Waals surface area contributed by atoms with Gasteiger partial charge in [-0.3, -0.25) is 9.59 Å². The number of carbonyl (C=O) groups excluding carboxylic acids is 1. The molecule has 164 valence electrons. The molecule has 0 atom stereocenters. The molecule has 0 radical (unpaired) electrons. The molecule has 7 nitrogen and oxygen atoms in total. The summed E-state index contributed by atoms with van der Waals surface area (Å²) >= 11 is -0.721. The Bertz CT molecular complexity index is 1350. The molecular weight excluding hydrogens is 519 g/mol. The van der Waals surface area contributed by atoms with Crippen molar-refractivity contribution in [1.29, 1.82) is 0 Å². The Morgan fingerprint density at radius 3 is 2.78 bits per heavy atom. The quantitative estimate of drug-likeness (QED) is 0.393. The fourth-order valence-corrected chi connectivity index (χ4v) is 4.94. The Morgan fingerprint density at radius 1 is 1.19 bits per heavy atom. The molecule has 32 heavy (non-hydrogen) atoms. The van der Waals surface area contributed by atoms with Crippen LogP contribution in [0.1, 0.15) is 36.7 Å². The second-order valence-electron chi connectivity index (χ2n) is 7.66. The summed E-state index contributed by atoms with van der Waals surface area (Å²) in [6.45, 7) is 5.65. The number of aromatic nitrogens is 2. The third-order valence-corrected chi connectivity index (χ3v) is 6.71. The van der Waals surface area contributed by atoms with Crippen LogP contribution < -0.4 is 10.7 Å². The van der Waals surface area contributed by atoms with Crippen LogP contribution >= 0.6 is 21.0 Å². The molecule has 0 bridgehead atoms. The molecule has 1 aliphatic heterocycles. The molecule has 1 amide bonds. The van der Waals surface area contributed by atoms with Gasteiger partial charge in [0.25, 0.3) is 5.91 Å². The number of fused-ring (bicyclic) bond motifs is 1. The van der Waals surface area contributed by atoms with E-state index in [4.69, 9.17) is 0 Å². The average molecular weight is 541 g/mol. The second kappa shape index (κ2) is 9.17. The number of amides is 1. The summed E-state index contributed by atoms with van der Waals surface area (Å²) in [6.07, 6.45) is 8.69. The highest BCUT2D eigenvalue weighted by Gasteiger charge is 2.17. The zero-order chi connectivity index (χ0) is 22.8. The number of nitrogens with one attached hydrogen (secondary N) is 1. The van der Waals surface area contributed by atoms with Gasteiger partial charge in [0.1, 0.15) is 11.2 Å². The lowest BCUT2D eigenvalue weighted by Crippen LogP contribution is -2.34. The van der Waals surface area contributed by atoms with Crippen LogP contribution in [0.15, 0.2) is 71.9 Å².